The number of carbonyl (C=O) groups is 1. The number of aliphatic hydroxyl groups is 14. The molecule has 4 saturated carbocycles. The number of esters is 1. The fourth-order valence-corrected chi connectivity index (χ4v) is 13.5. The third-order valence-corrected chi connectivity index (χ3v) is 17.1. The predicted octanol–water partition coefficient (Wildman–Crippen LogP) is -5.11. The maximum atomic E-state index is 14.2. The Morgan fingerprint density at radius 3 is 1.69 bits per heavy atom. The number of ether oxygens (including phenoxy) is 8. The van der Waals surface area contributed by atoms with E-state index in [4.69, 9.17) is 37.9 Å². The van der Waals surface area contributed by atoms with E-state index < -0.39 is 166 Å². The van der Waals surface area contributed by atoms with Crippen LogP contribution in [0.2, 0.25) is 0 Å². The fraction of sp³-hybridized carbons (Fsp3) is 0.932. The first-order valence-corrected chi connectivity index (χ1v) is 23.4. The lowest BCUT2D eigenvalue weighted by atomic mass is 9.41. The Balaban J connectivity index is 0.991. The van der Waals surface area contributed by atoms with Gasteiger partial charge in [0.05, 0.1) is 37.4 Å². The predicted molar refractivity (Wildman–Crippen MR) is 219 cm³/mol. The van der Waals surface area contributed by atoms with Gasteiger partial charge >= 0.3 is 5.97 Å². The lowest BCUT2D eigenvalue weighted by Crippen LogP contribution is -2.67. The molecule has 4 aliphatic heterocycles. The molecule has 23 nitrogen and oxygen atoms in total. The minimum Gasteiger partial charge on any atom is -0.432 e. The molecule has 26 unspecified atom stereocenters. The van der Waals surface area contributed by atoms with Crippen molar-refractivity contribution in [2.45, 2.75) is 200 Å². The van der Waals surface area contributed by atoms with Gasteiger partial charge in [-0.05, 0) is 86.5 Å². The Morgan fingerprint density at radius 2 is 1.07 bits per heavy atom. The van der Waals surface area contributed by atoms with Crippen LogP contribution in [0, 0.1) is 28.1 Å². The van der Waals surface area contributed by atoms with Crippen LogP contribution in [0.15, 0.2) is 12.2 Å². The number of rotatable bonds is 12. The van der Waals surface area contributed by atoms with Crippen molar-refractivity contribution in [1.82, 2.24) is 0 Å². The van der Waals surface area contributed by atoms with Gasteiger partial charge in [0.15, 0.2) is 18.9 Å². The lowest BCUT2D eigenvalue weighted by Gasteiger charge is -2.64. The SMILES string of the molecule is C=C1CC23CCC4C(C)(C(=O)OC5OC(CO)C(O)C(O)C5O)CCCC4(C)C2CCC1(OC1OC(CO)C(O)C(OC2OC(CO)C(O)C(O)C2OC2OC(CO)C(O)C(O)C2O)C1O)C3. The molecule has 67 heavy (non-hydrogen) atoms. The Morgan fingerprint density at radius 1 is 0.567 bits per heavy atom. The average molecular weight is 967 g/mol. The molecule has 26 atom stereocenters. The Labute approximate surface area is 386 Å². The van der Waals surface area contributed by atoms with Gasteiger partial charge in [-0.1, -0.05) is 19.9 Å². The molecule has 14 N–H and O–H groups in total. The standard InChI is InChI=1S/C44H70O23/c1-17-11-43-9-5-22-41(2,7-4-8-42(22,3)40(59)66-37-32(57)29(54)25(50)19(13-46)61-37)23(43)6-10-44(17,16-43)67-38-33(58)34(27(52)21(15-48)62-38)64-39-35(30(55)26(51)20(14-47)63-39)65-36-31(56)28(53)24(49)18(12-45)60-36/h18-39,45-58H,1,4-16H2,2-3H3. The average Bonchev–Trinajstić information content (AvgIpc) is 3.50. The molecule has 8 aliphatic rings. The second kappa shape index (κ2) is 19.4. The number of carbonyl (C=O) groups excluding carboxylic acids is 1. The first-order valence-electron chi connectivity index (χ1n) is 23.4. The van der Waals surface area contributed by atoms with Crippen molar-refractivity contribution < 1.29 is 114 Å². The van der Waals surface area contributed by atoms with Crippen molar-refractivity contribution in [3.8, 4) is 0 Å². The van der Waals surface area contributed by atoms with Gasteiger partial charge in [0, 0.05) is 0 Å². The summed E-state index contributed by atoms with van der Waals surface area (Å²) in [7, 11) is 0. The van der Waals surface area contributed by atoms with Crippen molar-refractivity contribution in [3.05, 3.63) is 12.2 Å². The first kappa shape index (κ1) is 51.7. The summed E-state index contributed by atoms with van der Waals surface area (Å²) in [6.07, 6.45) is -28.7. The van der Waals surface area contributed by atoms with Gasteiger partial charge in [-0.2, -0.15) is 0 Å². The summed E-state index contributed by atoms with van der Waals surface area (Å²) in [5.41, 5.74) is -2.08. The summed E-state index contributed by atoms with van der Waals surface area (Å²) in [6.45, 7) is 5.41. The molecule has 2 bridgehead atoms. The summed E-state index contributed by atoms with van der Waals surface area (Å²) in [6, 6.07) is 0. The van der Waals surface area contributed by atoms with Crippen LogP contribution in [0.25, 0.3) is 0 Å². The smallest absolute Gasteiger partial charge is 0.314 e. The molecule has 384 valence electrons. The van der Waals surface area contributed by atoms with E-state index >= 15 is 0 Å². The highest BCUT2D eigenvalue weighted by atomic mass is 16.8. The van der Waals surface area contributed by atoms with E-state index in [0.717, 1.165) is 12.0 Å². The minimum atomic E-state index is -1.95. The van der Waals surface area contributed by atoms with E-state index in [1.165, 1.54) is 0 Å². The molecule has 0 aromatic heterocycles. The number of hydrogen-bond acceptors (Lipinski definition) is 23. The normalized spacial score (nSPS) is 54.5. The van der Waals surface area contributed by atoms with Gasteiger partial charge in [0.2, 0.25) is 6.29 Å². The highest BCUT2D eigenvalue weighted by Gasteiger charge is 2.69. The van der Waals surface area contributed by atoms with Gasteiger partial charge in [-0.15, -0.1) is 0 Å². The van der Waals surface area contributed by atoms with Gasteiger partial charge in [0.1, 0.15) is 97.7 Å². The molecule has 8 fully saturated rings. The molecular formula is C44H70O23. The molecule has 4 aliphatic carbocycles. The largest absolute Gasteiger partial charge is 0.432 e. The van der Waals surface area contributed by atoms with Crippen LogP contribution in [0.4, 0.5) is 0 Å². The van der Waals surface area contributed by atoms with Crippen molar-refractivity contribution >= 4 is 5.97 Å². The Hall–Kier alpha value is -1.63. The molecule has 0 aromatic rings. The molecule has 0 radical (unpaired) electrons. The topological polar surface area (TPSA) is 374 Å². The van der Waals surface area contributed by atoms with Gasteiger partial charge < -0.3 is 109 Å². The Kier molecular flexibility index (Phi) is 15.0. The molecule has 23 heteroatoms. The van der Waals surface area contributed by atoms with E-state index in [1.54, 1.807) is 0 Å². The van der Waals surface area contributed by atoms with Crippen molar-refractivity contribution in [2.75, 3.05) is 26.4 Å². The quantitative estimate of drug-likeness (QED) is 0.0494. The third-order valence-electron chi connectivity index (χ3n) is 17.1. The monoisotopic (exact) mass is 966 g/mol. The highest BCUT2D eigenvalue weighted by Crippen LogP contribution is 2.73. The molecule has 4 heterocycles. The van der Waals surface area contributed by atoms with Crippen LogP contribution in [0.1, 0.15) is 71.6 Å². The summed E-state index contributed by atoms with van der Waals surface area (Å²) in [5, 5.41) is 148. The van der Waals surface area contributed by atoms with E-state index in [-0.39, 0.29) is 22.7 Å². The molecule has 1 spiro atoms. The van der Waals surface area contributed by atoms with Crippen molar-refractivity contribution in [2.24, 2.45) is 28.1 Å². The summed E-state index contributed by atoms with van der Waals surface area (Å²) in [4.78, 5) is 14.2. The van der Waals surface area contributed by atoms with Gasteiger partial charge in [-0.3, -0.25) is 4.79 Å². The van der Waals surface area contributed by atoms with Crippen molar-refractivity contribution in [3.63, 3.8) is 0 Å². The zero-order chi connectivity index (χ0) is 48.7. The first-order chi connectivity index (χ1) is 31.6. The van der Waals surface area contributed by atoms with Crippen LogP contribution < -0.4 is 0 Å². The van der Waals surface area contributed by atoms with E-state index in [0.29, 0.717) is 51.4 Å². The molecule has 8 rings (SSSR count). The zero-order valence-electron chi connectivity index (χ0n) is 37.5. The maximum absolute atomic E-state index is 14.2. The van der Waals surface area contributed by atoms with E-state index in [9.17, 15) is 76.3 Å². The zero-order valence-corrected chi connectivity index (χ0v) is 37.5. The van der Waals surface area contributed by atoms with Crippen LogP contribution in [-0.2, 0) is 42.7 Å². The number of aliphatic hydroxyl groups excluding tert-OH is 14. The number of fused-ring (bicyclic) bond motifs is 3. The maximum Gasteiger partial charge on any atom is 0.314 e. The molecule has 4 saturated heterocycles. The van der Waals surface area contributed by atoms with Gasteiger partial charge in [0.25, 0.3) is 0 Å². The molecule has 0 aromatic carbocycles. The van der Waals surface area contributed by atoms with Crippen LogP contribution in [-0.4, -0.2) is 232 Å². The highest BCUT2D eigenvalue weighted by molar-refractivity contribution is 5.77. The van der Waals surface area contributed by atoms with Gasteiger partial charge in [-0.25, -0.2) is 0 Å². The van der Waals surface area contributed by atoms with Crippen LogP contribution >= 0.6 is 0 Å². The van der Waals surface area contributed by atoms with Crippen molar-refractivity contribution in [1.29, 1.82) is 0 Å². The minimum absolute atomic E-state index is 0.0695. The molecular weight excluding hydrogens is 896 g/mol. The third kappa shape index (κ3) is 8.63. The van der Waals surface area contributed by atoms with E-state index in [2.05, 4.69) is 13.5 Å². The summed E-state index contributed by atoms with van der Waals surface area (Å²) >= 11 is 0. The lowest BCUT2D eigenvalue weighted by molar-refractivity contribution is -0.392. The molecule has 0 amide bonds. The van der Waals surface area contributed by atoms with Crippen LogP contribution in [0.3, 0.4) is 0 Å². The van der Waals surface area contributed by atoms with E-state index in [1.807, 2.05) is 6.92 Å². The second-order valence-electron chi connectivity index (χ2n) is 20.8. The Bertz CT molecular complexity index is 1760. The number of hydrogen-bond donors (Lipinski definition) is 14. The summed E-state index contributed by atoms with van der Waals surface area (Å²) < 4.78 is 47.2. The summed E-state index contributed by atoms with van der Waals surface area (Å²) in [5.74, 6) is -0.713. The fourth-order valence-electron chi connectivity index (χ4n) is 13.5. The second-order valence-corrected chi connectivity index (χ2v) is 20.8. The van der Waals surface area contributed by atoms with Crippen LogP contribution in [0.5, 0.6) is 0 Å².